The van der Waals surface area contributed by atoms with Crippen LogP contribution in [0.3, 0.4) is 0 Å². The summed E-state index contributed by atoms with van der Waals surface area (Å²) < 4.78 is 55.4. The molecule has 1 N–H and O–H groups in total. The van der Waals surface area contributed by atoms with E-state index in [1.165, 1.54) is 25.1 Å². The Kier molecular flexibility index (Phi) is 4.29. The molecule has 0 radical (unpaired) electrons. The molecule has 0 unspecified atom stereocenters. The molecule has 2 heterocycles. The van der Waals surface area contributed by atoms with Gasteiger partial charge in [-0.1, -0.05) is 0 Å². The van der Waals surface area contributed by atoms with Gasteiger partial charge in [-0.25, -0.2) is 13.7 Å². The summed E-state index contributed by atoms with van der Waals surface area (Å²) in [5.41, 5.74) is -3.90. The average molecular weight is 383 g/mol. The summed E-state index contributed by atoms with van der Waals surface area (Å²) in [5.74, 6) is -2.37. The quantitative estimate of drug-likeness (QED) is 0.704. The first-order valence-electron chi connectivity index (χ1n) is 7.79. The number of carboxylic acids is 1. The van der Waals surface area contributed by atoms with Crippen molar-refractivity contribution < 1.29 is 27.5 Å². The number of halogens is 4. The molecule has 0 spiro atoms. The van der Waals surface area contributed by atoms with Crippen molar-refractivity contribution in [1.82, 2.24) is 14.2 Å². The summed E-state index contributed by atoms with van der Waals surface area (Å²) in [5, 5.41) is 12.5. The molecule has 0 amide bonds. The van der Waals surface area contributed by atoms with Gasteiger partial charge in [-0.05, 0) is 37.6 Å². The Balaban J connectivity index is 2.45. The van der Waals surface area contributed by atoms with E-state index in [4.69, 9.17) is 5.11 Å². The Morgan fingerprint density at radius 1 is 1.30 bits per heavy atom. The van der Waals surface area contributed by atoms with Gasteiger partial charge in [-0.15, -0.1) is 0 Å². The van der Waals surface area contributed by atoms with Gasteiger partial charge >= 0.3 is 12.1 Å². The van der Waals surface area contributed by atoms with Gasteiger partial charge in [0.05, 0.1) is 11.9 Å². The van der Waals surface area contributed by atoms with Crippen LogP contribution in [0.2, 0.25) is 0 Å². The second-order valence-electron chi connectivity index (χ2n) is 5.85. The smallest absolute Gasteiger partial charge is 0.421 e. The lowest BCUT2D eigenvalue weighted by Crippen LogP contribution is -2.25. The van der Waals surface area contributed by atoms with Gasteiger partial charge in [0.1, 0.15) is 16.9 Å². The summed E-state index contributed by atoms with van der Waals surface area (Å²) in [7, 11) is 0. The third-order valence-electron chi connectivity index (χ3n) is 4.15. The molecule has 3 rings (SSSR count). The number of carbonyl (C=O) groups is 1. The second kappa shape index (κ2) is 6.22. The van der Waals surface area contributed by atoms with Crippen molar-refractivity contribution >= 4 is 11.5 Å². The van der Waals surface area contributed by atoms with Gasteiger partial charge in [-0.3, -0.25) is 4.79 Å². The Morgan fingerprint density at radius 3 is 2.48 bits per heavy atom. The minimum atomic E-state index is -5.08. The predicted molar refractivity (Wildman–Crippen MR) is 87.2 cm³/mol. The molecule has 0 aliphatic heterocycles. The Morgan fingerprint density at radius 2 is 1.96 bits per heavy atom. The molecule has 142 valence electrons. The van der Waals surface area contributed by atoms with Crippen LogP contribution in [0, 0.1) is 12.7 Å². The topological polar surface area (TPSA) is 76.6 Å². The average Bonchev–Trinajstić information content (AvgIpc) is 2.97. The fourth-order valence-electron chi connectivity index (χ4n) is 2.92. The maximum absolute atomic E-state index is 13.5. The normalized spacial score (nSPS) is 11.9. The van der Waals surface area contributed by atoms with Crippen molar-refractivity contribution in [2.24, 2.45) is 0 Å². The van der Waals surface area contributed by atoms with Crippen LogP contribution in [-0.2, 0) is 12.7 Å². The highest BCUT2D eigenvalue weighted by atomic mass is 19.4. The minimum absolute atomic E-state index is 0.0198. The van der Waals surface area contributed by atoms with Crippen molar-refractivity contribution in [3.8, 4) is 11.3 Å². The highest BCUT2D eigenvalue weighted by molar-refractivity contribution is 5.90. The molecule has 0 aliphatic carbocycles. The highest BCUT2D eigenvalue weighted by Gasteiger charge is 2.42. The monoisotopic (exact) mass is 383 g/mol. The number of aryl methyl sites for hydroxylation is 1. The van der Waals surface area contributed by atoms with Crippen LogP contribution >= 0.6 is 0 Å². The molecule has 1 aromatic carbocycles. The summed E-state index contributed by atoms with van der Waals surface area (Å²) in [6.07, 6.45) is -3.94. The Hall–Kier alpha value is -3.17. The lowest BCUT2D eigenvalue weighted by Gasteiger charge is -2.13. The molecule has 6 nitrogen and oxygen atoms in total. The summed E-state index contributed by atoms with van der Waals surface area (Å²) in [6.45, 7) is 3.08. The first-order chi connectivity index (χ1) is 12.6. The number of aromatic nitrogens is 3. The Labute approximate surface area is 149 Å². The predicted octanol–water partition coefficient (Wildman–Crippen LogP) is 3.35. The maximum atomic E-state index is 13.5. The number of hydrogen-bond donors (Lipinski definition) is 1. The molecule has 3 aromatic rings. The maximum Gasteiger partial charge on any atom is 0.421 e. The number of hydrogen-bond acceptors (Lipinski definition) is 3. The molecule has 0 bridgehead atoms. The summed E-state index contributed by atoms with van der Waals surface area (Å²) in [6, 6.07) is 3.99. The van der Waals surface area contributed by atoms with E-state index < -0.39 is 40.3 Å². The van der Waals surface area contributed by atoms with Crippen LogP contribution in [0.25, 0.3) is 16.8 Å². The van der Waals surface area contributed by atoms with E-state index >= 15 is 0 Å². The Bertz CT molecular complexity index is 1130. The molecule has 10 heteroatoms. The van der Waals surface area contributed by atoms with E-state index in [0.29, 0.717) is 10.1 Å². The first-order valence-corrected chi connectivity index (χ1v) is 7.79. The largest absolute Gasteiger partial charge is 0.476 e. The van der Waals surface area contributed by atoms with E-state index in [9.17, 15) is 27.2 Å². The number of nitrogens with zero attached hydrogens (tertiary/aromatic N) is 3. The molecule has 0 saturated carbocycles. The van der Waals surface area contributed by atoms with Gasteiger partial charge < -0.3 is 9.67 Å². The number of alkyl halides is 3. The minimum Gasteiger partial charge on any atom is -0.476 e. The SMILES string of the molecule is CCn1c(-c2ccc(F)c(C)c2)cn2nc(C(=O)O)c(C(F)(F)F)c2c1=O. The lowest BCUT2D eigenvalue weighted by atomic mass is 10.1. The molecule has 27 heavy (non-hydrogen) atoms. The van der Waals surface area contributed by atoms with Crippen LogP contribution in [-0.4, -0.2) is 25.3 Å². The highest BCUT2D eigenvalue weighted by Crippen LogP contribution is 2.34. The molecule has 2 aromatic heterocycles. The van der Waals surface area contributed by atoms with Gasteiger partial charge in [-0.2, -0.15) is 18.3 Å². The third kappa shape index (κ3) is 2.96. The standard InChI is InChI=1S/C17H13F4N3O3/c1-3-23-11(9-4-5-10(18)8(2)6-9)7-24-14(15(23)25)12(17(19,20)21)13(22-24)16(26)27/h4-7H,3H2,1-2H3,(H,26,27). The van der Waals surface area contributed by atoms with E-state index in [2.05, 4.69) is 5.10 Å². The number of aromatic carboxylic acids is 1. The van der Waals surface area contributed by atoms with Gasteiger partial charge in [0.2, 0.25) is 0 Å². The molecule has 0 atom stereocenters. The molecule has 0 saturated heterocycles. The summed E-state index contributed by atoms with van der Waals surface area (Å²) in [4.78, 5) is 24.0. The second-order valence-corrected chi connectivity index (χ2v) is 5.85. The van der Waals surface area contributed by atoms with Crippen LogP contribution < -0.4 is 5.56 Å². The van der Waals surface area contributed by atoms with E-state index in [1.54, 1.807) is 6.92 Å². The third-order valence-corrected chi connectivity index (χ3v) is 4.15. The number of fused-ring (bicyclic) bond motifs is 1. The van der Waals surface area contributed by atoms with Crippen molar-refractivity contribution in [2.45, 2.75) is 26.6 Å². The van der Waals surface area contributed by atoms with E-state index in [0.717, 1.165) is 10.8 Å². The fraction of sp³-hybridized carbons (Fsp3) is 0.235. The van der Waals surface area contributed by atoms with Crippen molar-refractivity contribution in [3.05, 3.63) is 57.4 Å². The van der Waals surface area contributed by atoms with Crippen LogP contribution in [0.1, 0.15) is 28.5 Å². The van der Waals surface area contributed by atoms with Crippen molar-refractivity contribution in [2.75, 3.05) is 0 Å². The zero-order valence-corrected chi connectivity index (χ0v) is 14.1. The van der Waals surface area contributed by atoms with Gasteiger partial charge in [0, 0.05) is 12.1 Å². The zero-order chi connectivity index (χ0) is 20.1. The van der Waals surface area contributed by atoms with Crippen molar-refractivity contribution in [3.63, 3.8) is 0 Å². The van der Waals surface area contributed by atoms with Crippen LogP contribution in [0.15, 0.2) is 29.2 Å². The molecular formula is C17H13F4N3O3. The number of carboxylic acid groups (broad SMARTS) is 1. The number of benzene rings is 1. The number of rotatable bonds is 3. The molecule has 0 aliphatic rings. The first kappa shape index (κ1) is 18.6. The fourth-order valence-corrected chi connectivity index (χ4v) is 2.92. The van der Waals surface area contributed by atoms with Crippen LogP contribution in [0.4, 0.5) is 17.6 Å². The summed E-state index contributed by atoms with van der Waals surface area (Å²) >= 11 is 0. The van der Waals surface area contributed by atoms with Crippen LogP contribution in [0.5, 0.6) is 0 Å². The molecular weight excluding hydrogens is 370 g/mol. The van der Waals surface area contributed by atoms with E-state index in [1.807, 2.05) is 0 Å². The lowest BCUT2D eigenvalue weighted by molar-refractivity contribution is -0.136. The molecule has 0 fully saturated rings. The van der Waals surface area contributed by atoms with Gasteiger partial charge in [0.25, 0.3) is 5.56 Å². The van der Waals surface area contributed by atoms with Crippen molar-refractivity contribution in [1.29, 1.82) is 0 Å². The van der Waals surface area contributed by atoms with E-state index in [-0.39, 0.29) is 17.8 Å². The van der Waals surface area contributed by atoms with Gasteiger partial charge in [0.15, 0.2) is 5.69 Å². The zero-order valence-electron chi connectivity index (χ0n) is 14.1.